The molecule has 27 heavy (non-hydrogen) atoms. The molecule has 3 heterocycles. The van der Waals surface area contributed by atoms with Crippen molar-refractivity contribution in [1.29, 1.82) is 0 Å². The summed E-state index contributed by atoms with van der Waals surface area (Å²) in [7, 11) is 0. The number of anilines is 1. The van der Waals surface area contributed by atoms with Gasteiger partial charge in [-0.1, -0.05) is 11.6 Å². The van der Waals surface area contributed by atoms with Gasteiger partial charge in [0.05, 0.1) is 11.1 Å². The molecule has 3 aromatic rings. The van der Waals surface area contributed by atoms with Crippen molar-refractivity contribution >= 4 is 23.2 Å². The standard InChI is InChI=1S/C18H15ClF3N5/c19-16-15(14-12(21)4-11(20)5-13(14)22)17(27-18(25-16)23-8-24-27)26-6-9-1-2-10(3-9)7-26/h4-5,8-10H,1-3,6-7H2. The zero-order chi connectivity index (χ0) is 18.7. The highest BCUT2D eigenvalue weighted by Gasteiger charge is 2.36. The molecule has 5 rings (SSSR count). The molecule has 0 N–H and O–H groups in total. The first kappa shape index (κ1) is 16.8. The second-order valence-electron chi connectivity index (χ2n) is 7.27. The Morgan fingerprint density at radius 3 is 2.33 bits per heavy atom. The number of benzene rings is 1. The molecule has 2 aliphatic rings. The van der Waals surface area contributed by atoms with Crippen LogP contribution in [0.5, 0.6) is 0 Å². The zero-order valence-corrected chi connectivity index (χ0v) is 14.9. The van der Waals surface area contributed by atoms with Gasteiger partial charge in [-0.2, -0.15) is 19.6 Å². The van der Waals surface area contributed by atoms with Crippen LogP contribution in [-0.2, 0) is 0 Å². The molecule has 2 aromatic heterocycles. The maximum Gasteiger partial charge on any atom is 0.255 e. The third-order valence-electron chi connectivity index (χ3n) is 5.52. The topological polar surface area (TPSA) is 46.3 Å². The van der Waals surface area contributed by atoms with Crippen LogP contribution < -0.4 is 4.90 Å². The molecular formula is C18H15ClF3N5. The van der Waals surface area contributed by atoms with E-state index in [0.717, 1.165) is 32.4 Å². The molecule has 2 atom stereocenters. The molecule has 0 amide bonds. The predicted octanol–water partition coefficient (Wildman–Crippen LogP) is 4.10. The molecule has 1 saturated carbocycles. The summed E-state index contributed by atoms with van der Waals surface area (Å²) < 4.78 is 44.1. The molecule has 0 spiro atoms. The van der Waals surface area contributed by atoms with Crippen molar-refractivity contribution < 1.29 is 13.2 Å². The highest BCUT2D eigenvalue weighted by atomic mass is 35.5. The quantitative estimate of drug-likeness (QED) is 0.615. The summed E-state index contributed by atoms with van der Waals surface area (Å²) >= 11 is 6.35. The van der Waals surface area contributed by atoms with Crippen molar-refractivity contribution in [2.75, 3.05) is 18.0 Å². The van der Waals surface area contributed by atoms with Gasteiger partial charge in [-0.3, -0.25) is 0 Å². The van der Waals surface area contributed by atoms with Gasteiger partial charge in [-0.25, -0.2) is 13.2 Å². The number of halogens is 4. The van der Waals surface area contributed by atoms with Crippen LogP contribution in [0.1, 0.15) is 19.3 Å². The average molecular weight is 394 g/mol. The van der Waals surface area contributed by atoms with Gasteiger partial charge in [0.15, 0.2) is 0 Å². The van der Waals surface area contributed by atoms with E-state index in [1.807, 2.05) is 0 Å². The number of aromatic nitrogens is 4. The summed E-state index contributed by atoms with van der Waals surface area (Å²) in [6.07, 6.45) is 4.75. The molecule has 1 aromatic carbocycles. The van der Waals surface area contributed by atoms with E-state index < -0.39 is 23.0 Å². The van der Waals surface area contributed by atoms with Crippen LogP contribution in [0.25, 0.3) is 16.9 Å². The molecule has 5 nitrogen and oxygen atoms in total. The van der Waals surface area contributed by atoms with Gasteiger partial charge in [0.1, 0.15) is 34.7 Å². The molecular weight excluding hydrogens is 379 g/mol. The Bertz CT molecular complexity index is 1020. The third kappa shape index (κ3) is 2.65. The van der Waals surface area contributed by atoms with Crippen LogP contribution in [-0.4, -0.2) is 32.7 Å². The lowest BCUT2D eigenvalue weighted by atomic mass is 9.97. The minimum atomic E-state index is -1.03. The fourth-order valence-electron chi connectivity index (χ4n) is 4.47. The Labute approximate surface area is 157 Å². The van der Waals surface area contributed by atoms with E-state index in [1.165, 1.54) is 10.8 Å². The normalized spacial score (nSPS) is 22.0. The maximum absolute atomic E-state index is 14.6. The lowest BCUT2D eigenvalue weighted by molar-refractivity contribution is 0.417. The first-order chi connectivity index (χ1) is 13.0. The average Bonchev–Trinajstić information content (AvgIpc) is 3.19. The number of nitrogens with zero attached hydrogens (tertiary/aromatic N) is 5. The summed E-state index contributed by atoms with van der Waals surface area (Å²) in [6.45, 7) is 1.48. The molecule has 2 bridgehead atoms. The third-order valence-corrected chi connectivity index (χ3v) is 5.80. The van der Waals surface area contributed by atoms with E-state index in [9.17, 15) is 13.2 Å². The summed E-state index contributed by atoms with van der Waals surface area (Å²) in [6, 6.07) is 1.29. The van der Waals surface area contributed by atoms with Crippen LogP contribution in [0.2, 0.25) is 5.15 Å². The van der Waals surface area contributed by atoms with Gasteiger partial charge in [0.2, 0.25) is 0 Å². The molecule has 2 fully saturated rings. The maximum atomic E-state index is 14.6. The van der Waals surface area contributed by atoms with Crippen molar-refractivity contribution in [3.05, 3.63) is 41.1 Å². The molecule has 140 valence electrons. The second-order valence-corrected chi connectivity index (χ2v) is 7.63. The van der Waals surface area contributed by atoms with Crippen molar-refractivity contribution in [2.45, 2.75) is 19.3 Å². The van der Waals surface area contributed by atoms with Gasteiger partial charge in [-0.05, 0) is 31.1 Å². The summed E-state index contributed by atoms with van der Waals surface area (Å²) in [5.74, 6) is -1.32. The number of hydrogen-bond donors (Lipinski definition) is 0. The van der Waals surface area contributed by atoms with E-state index in [1.54, 1.807) is 0 Å². The highest BCUT2D eigenvalue weighted by molar-refractivity contribution is 6.33. The van der Waals surface area contributed by atoms with E-state index in [-0.39, 0.29) is 16.5 Å². The van der Waals surface area contributed by atoms with E-state index in [2.05, 4.69) is 20.0 Å². The van der Waals surface area contributed by atoms with Gasteiger partial charge in [0.25, 0.3) is 5.78 Å². The Morgan fingerprint density at radius 2 is 1.67 bits per heavy atom. The Balaban J connectivity index is 1.79. The molecule has 1 aliphatic heterocycles. The van der Waals surface area contributed by atoms with Crippen LogP contribution in [0.3, 0.4) is 0 Å². The Morgan fingerprint density at radius 1 is 1.00 bits per heavy atom. The van der Waals surface area contributed by atoms with E-state index >= 15 is 0 Å². The van der Waals surface area contributed by atoms with Gasteiger partial charge < -0.3 is 4.90 Å². The second kappa shape index (κ2) is 6.09. The SMILES string of the molecule is Fc1cc(F)c(-c2c(Cl)nc3ncnn3c2N2CC3CCC(C3)C2)c(F)c1. The fourth-order valence-corrected chi connectivity index (χ4v) is 4.73. The number of fused-ring (bicyclic) bond motifs is 3. The van der Waals surface area contributed by atoms with Crippen LogP contribution in [0.4, 0.5) is 19.0 Å². The molecule has 1 aliphatic carbocycles. The summed E-state index contributed by atoms with van der Waals surface area (Å²) in [5, 5.41) is 4.10. The van der Waals surface area contributed by atoms with Crippen LogP contribution in [0, 0.1) is 29.3 Å². The lowest BCUT2D eigenvalue weighted by Gasteiger charge is -2.34. The molecule has 0 radical (unpaired) electrons. The molecule has 2 unspecified atom stereocenters. The smallest absolute Gasteiger partial charge is 0.255 e. The van der Waals surface area contributed by atoms with Gasteiger partial charge in [0, 0.05) is 25.2 Å². The van der Waals surface area contributed by atoms with Crippen LogP contribution >= 0.6 is 11.6 Å². The first-order valence-corrected chi connectivity index (χ1v) is 9.18. The van der Waals surface area contributed by atoms with Gasteiger partial charge >= 0.3 is 0 Å². The van der Waals surface area contributed by atoms with Crippen LogP contribution in [0.15, 0.2) is 18.5 Å². The highest BCUT2D eigenvalue weighted by Crippen LogP contribution is 2.43. The van der Waals surface area contributed by atoms with Crippen molar-refractivity contribution in [2.24, 2.45) is 11.8 Å². The first-order valence-electron chi connectivity index (χ1n) is 8.80. The molecule has 9 heteroatoms. The monoisotopic (exact) mass is 393 g/mol. The predicted molar refractivity (Wildman–Crippen MR) is 94.1 cm³/mol. The number of hydrogen-bond acceptors (Lipinski definition) is 4. The number of piperidine rings is 1. The van der Waals surface area contributed by atoms with E-state index in [0.29, 0.717) is 29.8 Å². The largest absolute Gasteiger partial charge is 0.355 e. The zero-order valence-electron chi connectivity index (χ0n) is 14.2. The number of rotatable bonds is 2. The fraction of sp³-hybridized carbons (Fsp3) is 0.389. The Kier molecular flexibility index (Phi) is 3.79. The van der Waals surface area contributed by atoms with E-state index in [4.69, 9.17) is 11.6 Å². The minimum absolute atomic E-state index is 0.0750. The van der Waals surface area contributed by atoms with Gasteiger partial charge in [-0.15, -0.1) is 0 Å². The summed E-state index contributed by atoms with van der Waals surface area (Å²) in [4.78, 5) is 10.2. The van der Waals surface area contributed by atoms with Crippen molar-refractivity contribution in [1.82, 2.24) is 19.6 Å². The summed E-state index contributed by atoms with van der Waals surface area (Å²) in [5.41, 5.74) is -0.329. The Hall–Kier alpha value is -2.35. The van der Waals surface area contributed by atoms with Crippen molar-refractivity contribution in [3.63, 3.8) is 0 Å². The lowest BCUT2D eigenvalue weighted by Crippen LogP contribution is -2.38. The molecule has 1 saturated heterocycles. The van der Waals surface area contributed by atoms with Crippen molar-refractivity contribution in [3.8, 4) is 11.1 Å². The minimum Gasteiger partial charge on any atom is -0.355 e.